The lowest BCUT2D eigenvalue weighted by molar-refractivity contribution is 0.0939. The highest BCUT2D eigenvalue weighted by Gasteiger charge is 2.20. The quantitative estimate of drug-likeness (QED) is 0.652. The molecule has 6 heteroatoms. The van der Waals surface area contributed by atoms with Gasteiger partial charge < -0.3 is 10.2 Å². The number of hydrogen-bond donors (Lipinski definition) is 1. The van der Waals surface area contributed by atoms with Crippen LogP contribution in [0.25, 0.3) is 10.2 Å². The summed E-state index contributed by atoms with van der Waals surface area (Å²) < 4.78 is 2.01. The fraction of sp³-hybridized carbons (Fsp3) is 0.455. The number of hydrogen-bond acceptors (Lipinski definition) is 4. The summed E-state index contributed by atoms with van der Waals surface area (Å²) in [6.07, 6.45) is 0. The van der Waals surface area contributed by atoms with E-state index in [1.54, 1.807) is 0 Å². The van der Waals surface area contributed by atoms with Gasteiger partial charge >= 0.3 is 0 Å². The highest BCUT2D eigenvalue weighted by atomic mass is 32.1. The summed E-state index contributed by atoms with van der Waals surface area (Å²) >= 11 is 1.52. The second kappa shape index (κ2) is 8.45. The van der Waals surface area contributed by atoms with E-state index in [0.717, 1.165) is 20.8 Å². The summed E-state index contributed by atoms with van der Waals surface area (Å²) in [5, 5.41) is 8.85. The van der Waals surface area contributed by atoms with E-state index in [1.165, 1.54) is 22.5 Å². The van der Waals surface area contributed by atoms with E-state index >= 15 is 0 Å². The van der Waals surface area contributed by atoms with Gasteiger partial charge in [0.15, 0.2) is 0 Å². The van der Waals surface area contributed by atoms with Crippen LogP contribution in [0.4, 0.5) is 0 Å². The maximum atomic E-state index is 12.7. The summed E-state index contributed by atoms with van der Waals surface area (Å²) in [5.41, 5.74) is 3.42. The van der Waals surface area contributed by atoms with Crippen molar-refractivity contribution in [2.24, 2.45) is 5.92 Å². The number of rotatable bonds is 7. The van der Waals surface area contributed by atoms with Crippen molar-refractivity contribution in [3.8, 4) is 0 Å². The minimum atomic E-state index is -0.00464. The van der Waals surface area contributed by atoms with Crippen LogP contribution >= 0.6 is 11.3 Å². The molecule has 28 heavy (non-hydrogen) atoms. The molecule has 150 valence electrons. The number of benzene rings is 1. The monoisotopic (exact) mass is 398 g/mol. The van der Waals surface area contributed by atoms with Gasteiger partial charge in [0, 0.05) is 18.0 Å². The zero-order valence-electron chi connectivity index (χ0n) is 17.6. The lowest BCUT2D eigenvalue weighted by atomic mass is 10.0. The molecule has 1 N–H and O–H groups in total. The van der Waals surface area contributed by atoms with Crippen LogP contribution in [0.5, 0.6) is 0 Å². The predicted octanol–water partition coefficient (Wildman–Crippen LogP) is 4.08. The molecule has 1 aromatic carbocycles. The van der Waals surface area contributed by atoms with Gasteiger partial charge in [-0.1, -0.05) is 43.7 Å². The molecular formula is C22H30N4OS. The van der Waals surface area contributed by atoms with Gasteiger partial charge in [-0.05, 0) is 45.5 Å². The second-order valence-electron chi connectivity index (χ2n) is 8.04. The van der Waals surface area contributed by atoms with Gasteiger partial charge in [-0.25, -0.2) is 0 Å². The third kappa shape index (κ3) is 4.45. The SMILES string of the molecule is Cc1ccc(Cn2nc(C)c3cc(C(=O)NCC(C(C)C)N(C)C)sc32)cc1. The third-order valence-electron chi connectivity index (χ3n) is 5.19. The lowest BCUT2D eigenvalue weighted by Gasteiger charge is -2.27. The number of fused-ring (bicyclic) bond motifs is 1. The third-order valence-corrected chi connectivity index (χ3v) is 6.34. The fourth-order valence-electron chi connectivity index (χ4n) is 3.50. The molecular weight excluding hydrogens is 368 g/mol. The smallest absolute Gasteiger partial charge is 0.261 e. The molecule has 0 saturated heterocycles. The summed E-state index contributed by atoms with van der Waals surface area (Å²) in [6.45, 7) is 9.81. The van der Waals surface area contributed by atoms with Crippen molar-refractivity contribution < 1.29 is 4.79 Å². The van der Waals surface area contributed by atoms with E-state index in [-0.39, 0.29) is 5.91 Å². The van der Waals surface area contributed by atoms with E-state index in [9.17, 15) is 4.79 Å². The van der Waals surface area contributed by atoms with E-state index in [4.69, 9.17) is 0 Å². The van der Waals surface area contributed by atoms with Crippen molar-refractivity contribution in [3.05, 3.63) is 52.0 Å². The Morgan fingerprint density at radius 2 is 1.89 bits per heavy atom. The molecule has 0 saturated carbocycles. The Morgan fingerprint density at radius 1 is 1.21 bits per heavy atom. The van der Waals surface area contributed by atoms with Gasteiger partial charge in [0.25, 0.3) is 5.91 Å². The second-order valence-corrected chi connectivity index (χ2v) is 9.07. The molecule has 2 heterocycles. The van der Waals surface area contributed by atoms with Crippen molar-refractivity contribution in [2.45, 2.75) is 40.3 Å². The van der Waals surface area contributed by atoms with Gasteiger partial charge in [0.2, 0.25) is 0 Å². The minimum absolute atomic E-state index is 0.00464. The van der Waals surface area contributed by atoms with Crippen molar-refractivity contribution in [2.75, 3.05) is 20.6 Å². The first-order chi connectivity index (χ1) is 13.3. The first-order valence-corrected chi connectivity index (χ1v) is 10.5. The van der Waals surface area contributed by atoms with Crippen molar-refractivity contribution in [3.63, 3.8) is 0 Å². The molecule has 0 aliphatic carbocycles. The Morgan fingerprint density at radius 3 is 2.50 bits per heavy atom. The zero-order valence-corrected chi connectivity index (χ0v) is 18.4. The Labute approximate surface area is 171 Å². The summed E-state index contributed by atoms with van der Waals surface area (Å²) in [6, 6.07) is 10.8. The first kappa shape index (κ1) is 20.6. The number of amides is 1. The Kier molecular flexibility index (Phi) is 6.20. The summed E-state index contributed by atoms with van der Waals surface area (Å²) in [7, 11) is 4.11. The Bertz CT molecular complexity index is 945. The molecule has 0 aliphatic rings. The van der Waals surface area contributed by atoms with Crippen LogP contribution in [0, 0.1) is 19.8 Å². The number of thiophene rings is 1. The number of nitrogens with one attached hydrogen (secondary N) is 1. The molecule has 3 rings (SSSR count). The normalized spacial score (nSPS) is 12.9. The molecule has 0 aliphatic heterocycles. The molecule has 1 unspecified atom stereocenters. The maximum Gasteiger partial charge on any atom is 0.261 e. The maximum absolute atomic E-state index is 12.7. The average molecular weight is 399 g/mol. The van der Waals surface area contributed by atoms with Gasteiger partial charge in [0.05, 0.1) is 17.1 Å². The van der Waals surface area contributed by atoms with E-state index < -0.39 is 0 Å². The first-order valence-electron chi connectivity index (χ1n) is 9.73. The lowest BCUT2D eigenvalue weighted by Crippen LogP contribution is -2.43. The van der Waals surface area contributed by atoms with Gasteiger partial charge in [-0.2, -0.15) is 5.10 Å². The van der Waals surface area contributed by atoms with Crippen molar-refractivity contribution >= 4 is 27.5 Å². The molecule has 5 nitrogen and oxygen atoms in total. The van der Waals surface area contributed by atoms with Crippen LogP contribution < -0.4 is 5.32 Å². The molecule has 0 radical (unpaired) electrons. The summed E-state index contributed by atoms with van der Waals surface area (Å²) in [5.74, 6) is 0.470. The van der Waals surface area contributed by atoms with E-state index in [0.29, 0.717) is 25.0 Å². The van der Waals surface area contributed by atoms with Gasteiger partial charge in [-0.15, -0.1) is 11.3 Å². The molecule has 0 fully saturated rings. The van der Waals surface area contributed by atoms with Crippen LogP contribution in [-0.4, -0.2) is 47.3 Å². The highest BCUT2D eigenvalue weighted by Crippen LogP contribution is 2.29. The van der Waals surface area contributed by atoms with Crippen molar-refractivity contribution in [1.82, 2.24) is 20.0 Å². The van der Waals surface area contributed by atoms with Gasteiger partial charge in [-0.3, -0.25) is 9.48 Å². The standard InChI is InChI=1S/C22H30N4OS/c1-14(2)19(25(5)6)12-23-21(27)20-11-18-16(4)24-26(22(18)28-20)13-17-9-7-15(3)8-10-17/h7-11,14,19H,12-13H2,1-6H3,(H,23,27). The summed E-state index contributed by atoms with van der Waals surface area (Å²) in [4.78, 5) is 16.7. The number of aromatic nitrogens is 2. The number of likely N-dealkylation sites (N-methyl/N-ethyl adjacent to an activating group) is 1. The predicted molar refractivity (Wildman–Crippen MR) is 117 cm³/mol. The van der Waals surface area contributed by atoms with Crippen LogP contribution in [0.15, 0.2) is 30.3 Å². The zero-order chi connectivity index (χ0) is 20.4. The molecule has 3 aromatic rings. The Hall–Kier alpha value is -2.18. The van der Waals surface area contributed by atoms with E-state index in [1.807, 2.05) is 17.7 Å². The molecule has 1 amide bonds. The van der Waals surface area contributed by atoms with Crippen molar-refractivity contribution in [1.29, 1.82) is 0 Å². The number of carbonyl (C=O) groups excluding carboxylic acids is 1. The van der Waals surface area contributed by atoms with Gasteiger partial charge in [0.1, 0.15) is 4.83 Å². The van der Waals surface area contributed by atoms with E-state index in [2.05, 4.69) is 74.4 Å². The number of carbonyl (C=O) groups is 1. The number of aryl methyl sites for hydroxylation is 2. The van der Waals surface area contributed by atoms with Crippen LogP contribution in [-0.2, 0) is 6.54 Å². The largest absolute Gasteiger partial charge is 0.350 e. The molecule has 0 bridgehead atoms. The van der Waals surface area contributed by atoms with Crippen LogP contribution in [0.2, 0.25) is 0 Å². The molecule has 2 aromatic heterocycles. The van der Waals surface area contributed by atoms with Crippen LogP contribution in [0.3, 0.4) is 0 Å². The molecule has 0 spiro atoms. The molecule has 1 atom stereocenters. The highest BCUT2D eigenvalue weighted by molar-refractivity contribution is 7.20. The fourth-order valence-corrected chi connectivity index (χ4v) is 4.57. The topological polar surface area (TPSA) is 50.2 Å². The minimum Gasteiger partial charge on any atom is -0.350 e. The Balaban J connectivity index is 1.78. The van der Waals surface area contributed by atoms with Crippen LogP contribution in [0.1, 0.15) is 40.3 Å². The number of nitrogens with zero attached hydrogens (tertiary/aromatic N) is 3. The average Bonchev–Trinajstić information content (AvgIpc) is 3.18.